The lowest BCUT2D eigenvalue weighted by Crippen LogP contribution is -2.36. The number of hydrogen-bond acceptors (Lipinski definition) is 4. The summed E-state index contributed by atoms with van der Waals surface area (Å²) < 4.78 is 0. The highest BCUT2D eigenvalue weighted by Crippen LogP contribution is 2.50. The maximum Gasteiger partial charge on any atom is 0.140 e. The fourth-order valence-corrected chi connectivity index (χ4v) is 6.00. The van der Waals surface area contributed by atoms with Gasteiger partial charge in [-0.05, 0) is 41.0 Å². The van der Waals surface area contributed by atoms with E-state index in [0.29, 0.717) is 6.42 Å². The van der Waals surface area contributed by atoms with Crippen LogP contribution in [0.2, 0.25) is 0 Å². The van der Waals surface area contributed by atoms with Gasteiger partial charge in [-0.15, -0.1) is 0 Å². The minimum atomic E-state index is -0.264. The van der Waals surface area contributed by atoms with Gasteiger partial charge in [0.1, 0.15) is 6.04 Å². The maximum atomic E-state index is 9.14. The van der Waals surface area contributed by atoms with E-state index in [0.717, 1.165) is 11.1 Å². The number of nitrogens with zero attached hydrogens (tertiary/aromatic N) is 3. The van der Waals surface area contributed by atoms with Crippen molar-refractivity contribution in [3.63, 3.8) is 0 Å². The van der Waals surface area contributed by atoms with Crippen LogP contribution in [-0.4, -0.2) is 18.3 Å². The highest BCUT2D eigenvalue weighted by molar-refractivity contribution is 7.99. The Labute approximate surface area is 204 Å². The first-order valence-corrected chi connectivity index (χ1v) is 12.4. The Hall–Kier alpha value is -3.81. The monoisotopic (exact) mass is 457 g/mol. The second-order valence-corrected chi connectivity index (χ2v) is 9.72. The zero-order valence-electron chi connectivity index (χ0n) is 18.6. The molecule has 3 nitrogen and oxygen atoms in total. The molecular formula is C30H23N3S. The molecule has 4 heteroatoms. The van der Waals surface area contributed by atoms with Crippen molar-refractivity contribution in [3.8, 4) is 6.07 Å². The number of fused-ring (bicyclic) bond motifs is 2. The van der Waals surface area contributed by atoms with Crippen LogP contribution in [0.4, 0.5) is 11.4 Å². The lowest BCUT2D eigenvalue weighted by molar-refractivity contribution is 0.681. The number of benzene rings is 3. The highest BCUT2D eigenvalue weighted by atomic mass is 32.2. The van der Waals surface area contributed by atoms with Crippen LogP contribution < -0.4 is 4.90 Å². The molecule has 0 saturated heterocycles. The first kappa shape index (κ1) is 20.8. The number of rotatable bonds is 3. The molecule has 3 aliphatic rings. The molecule has 2 aliphatic heterocycles. The zero-order valence-corrected chi connectivity index (χ0v) is 19.4. The van der Waals surface area contributed by atoms with E-state index >= 15 is 0 Å². The largest absolute Gasteiger partial charge is 0.332 e. The second-order valence-electron chi connectivity index (χ2n) is 8.64. The summed E-state index contributed by atoms with van der Waals surface area (Å²) in [6.45, 7) is 0. The van der Waals surface area contributed by atoms with Crippen LogP contribution in [0.5, 0.6) is 0 Å². The molecule has 0 radical (unpaired) electrons. The summed E-state index contributed by atoms with van der Waals surface area (Å²) in [7, 11) is 0. The fraction of sp³-hybridized carbons (Fsp3) is 0.133. The summed E-state index contributed by atoms with van der Waals surface area (Å²) in [6, 6.07) is 28.3. The van der Waals surface area contributed by atoms with Crippen molar-refractivity contribution in [1.82, 2.24) is 0 Å². The van der Waals surface area contributed by atoms with Gasteiger partial charge in [0.15, 0.2) is 0 Å². The van der Waals surface area contributed by atoms with E-state index < -0.39 is 0 Å². The molecule has 3 atom stereocenters. The molecule has 0 spiro atoms. The quantitative estimate of drug-likeness (QED) is 0.414. The number of anilines is 2. The Kier molecular flexibility index (Phi) is 5.41. The molecule has 0 bridgehead atoms. The number of aliphatic imine (C=N–C) groups is 1. The van der Waals surface area contributed by atoms with Crippen LogP contribution in [-0.2, 0) is 0 Å². The molecule has 0 aromatic heterocycles. The zero-order chi connectivity index (χ0) is 22.9. The van der Waals surface area contributed by atoms with Gasteiger partial charge < -0.3 is 4.90 Å². The highest BCUT2D eigenvalue weighted by Gasteiger charge is 2.33. The van der Waals surface area contributed by atoms with Gasteiger partial charge in [0.05, 0.1) is 23.5 Å². The Morgan fingerprint density at radius 3 is 2.32 bits per heavy atom. The smallest absolute Gasteiger partial charge is 0.140 e. The first-order chi connectivity index (χ1) is 16.8. The van der Waals surface area contributed by atoms with Gasteiger partial charge in [-0.2, -0.15) is 5.26 Å². The van der Waals surface area contributed by atoms with Gasteiger partial charge >= 0.3 is 0 Å². The van der Waals surface area contributed by atoms with Crippen molar-refractivity contribution in [2.24, 2.45) is 4.99 Å². The van der Waals surface area contributed by atoms with Crippen molar-refractivity contribution in [3.05, 3.63) is 114 Å². The van der Waals surface area contributed by atoms with E-state index in [1.54, 1.807) is 0 Å². The van der Waals surface area contributed by atoms with Gasteiger partial charge in [-0.1, -0.05) is 90.7 Å². The van der Waals surface area contributed by atoms with Gasteiger partial charge in [0.2, 0.25) is 0 Å². The van der Waals surface area contributed by atoms with Crippen LogP contribution in [0, 0.1) is 11.3 Å². The molecular weight excluding hydrogens is 434 g/mol. The Balaban J connectivity index is 1.40. The fourth-order valence-electron chi connectivity index (χ4n) is 4.93. The van der Waals surface area contributed by atoms with Crippen LogP contribution in [0.25, 0.3) is 5.57 Å². The summed E-state index contributed by atoms with van der Waals surface area (Å²) in [5.74, 6) is 0.196. The molecule has 6 rings (SSSR count). The average molecular weight is 458 g/mol. The number of dihydropyridines is 1. The minimum absolute atomic E-state index is 0.153. The summed E-state index contributed by atoms with van der Waals surface area (Å²) in [6.07, 6.45) is 13.6. The normalized spacial score (nSPS) is 22.5. The van der Waals surface area contributed by atoms with E-state index in [1.165, 1.54) is 26.7 Å². The van der Waals surface area contributed by atoms with E-state index in [4.69, 9.17) is 5.26 Å². The Morgan fingerprint density at radius 1 is 0.882 bits per heavy atom. The Bertz CT molecular complexity index is 1360. The van der Waals surface area contributed by atoms with Gasteiger partial charge in [-0.25, -0.2) is 0 Å². The summed E-state index contributed by atoms with van der Waals surface area (Å²) in [5, 5.41) is 9.14. The summed E-state index contributed by atoms with van der Waals surface area (Å²) in [5.41, 5.74) is 6.01. The van der Waals surface area contributed by atoms with Crippen molar-refractivity contribution in [2.45, 2.75) is 34.2 Å². The standard InChI is InChI=1S/C30H23N3S/c31-19-24-17-16-23(20-32-24)21-8-7-9-22(18-21)25-10-1-2-11-26(25)33-27-12-3-5-14-29(27)34-30-15-6-4-13-28(30)33/h1-16,18,20,24-26H,17H2. The van der Waals surface area contributed by atoms with Gasteiger partial charge in [0.25, 0.3) is 0 Å². The van der Waals surface area contributed by atoms with Crippen LogP contribution >= 0.6 is 11.8 Å². The second kappa shape index (κ2) is 8.85. The lowest BCUT2D eigenvalue weighted by atomic mass is 9.85. The molecule has 34 heavy (non-hydrogen) atoms. The van der Waals surface area contributed by atoms with Crippen LogP contribution in [0.1, 0.15) is 23.5 Å². The molecule has 164 valence electrons. The van der Waals surface area contributed by atoms with Crippen molar-refractivity contribution in [2.75, 3.05) is 4.90 Å². The number of nitriles is 1. The molecule has 0 amide bonds. The first-order valence-electron chi connectivity index (χ1n) is 11.6. The lowest BCUT2D eigenvalue weighted by Gasteiger charge is -2.41. The maximum absolute atomic E-state index is 9.14. The number of allylic oxidation sites excluding steroid dienone is 3. The topological polar surface area (TPSA) is 39.4 Å². The van der Waals surface area contributed by atoms with Crippen LogP contribution in [0.3, 0.4) is 0 Å². The van der Waals surface area contributed by atoms with Crippen molar-refractivity contribution in [1.29, 1.82) is 5.26 Å². The van der Waals surface area contributed by atoms with Crippen molar-refractivity contribution >= 4 is 34.9 Å². The van der Waals surface area contributed by atoms with Gasteiger partial charge in [-0.3, -0.25) is 4.99 Å². The molecule has 2 heterocycles. The minimum Gasteiger partial charge on any atom is -0.332 e. The number of para-hydroxylation sites is 2. The summed E-state index contributed by atoms with van der Waals surface area (Å²) >= 11 is 1.84. The SMILES string of the molecule is N#CC1CC=C(c2cccc(C3C=CC=CC3N3c4ccccc4Sc4ccccc43)c2)C=N1. The van der Waals surface area contributed by atoms with E-state index in [2.05, 4.69) is 119 Å². The third-order valence-electron chi connectivity index (χ3n) is 6.58. The third kappa shape index (κ3) is 3.69. The van der Waals surface area contributed by atoms with E-state index in [1.807, 2.05) is 18.0 Å². The molecule has 0 saturated carbocycles. The van der Waals surface area contributed by atoms with Gasteiger partial charge in [0, 0.05) is 28.3 Å². The molecule has 3 aromatic carbocycles. The van der Waals surface area contributed by atoms with Crippen molar-refractivity contribution < 1.29 is 0 Å². The molecule has 3 aromatic rings. The molecule has 0 fully saturated rings. The predicted octanol–water partition coefficient (Wildman–Crippen LogP) is 7.32. The van der Waals surface area contributed by atoms with E-state index in [-0.39, 0.29) is 18.0 Å². The molecule has 1 aliphatic carbocycles. The van der Waals surface area contributed by atoms with E-state index in [9.17, 15) is 0 Å². The predicted molar refractivity (Wildman–Crippen MR) is 141 cm³/mol. The third-order valence-corrected chi connectivity index (χ3v) is 7.71. The van der Waals surface area contributed by atoms with Crippen LogP contribution in [0.15, 0.2) is 118 Å². The summed E-state index contributed by atoms with van der Waals surface area (Å²) in [4.78, 5) is 9.46. The average Bonchev–Trinajstić information content (AvgIpc) is 2.92. The number of hydrogen-bond donors (Lipinski definition) is 0. The Morgan fingerprint density at radius 2 is 1.62 bits per heavy atom. The molecule has 3 unspecified atom stereocenters. The molecule has 0 N–H and O–H groups in total.